The number of carboxylic acids is 1. The molecule has 0 aromatic carbocycles. The summed E-state index contributed by atoms with van der Waals surface area (Å²) in [4.78, 5) is 30.9. The Morgan fingerprint density at radius 3 is 2.48 bits per heavy atom. The lowest BCUT2D eigenvalue weighted by Crippen LogP contribution is -2.42. The van der Waals surface area contributed by atoms with E-state index >= 15 is 0 Å². The molecule has 1 atom stereocenters. The first-order chi connectivity index (χ1) is 9.69. The number of carbonyl (C=O) groups excluding carboxylic acids is 1. The van der Waals surface area contributed by atoms with Gasteiger partial charge in [0.15, 0.2) is 0 Å². The van der Waals surface area contributed by atoms with Gasteiger partial charge in [-0.3, -0.25) is 9.78 Å². The van der Waals surface area contributed by atoms with Crippen molar-refractivity contribution in [3.63, 3.8) is 0 Å². The predicted molar refractivity (Wildman–Crippen MR) is 76.0 cm³/mol. The molecule has 0 spiro atoms. The number of carbonyl (C=O) groups is 2. The van der Waals surface area contributed by atoms with Crippen molar-refractivity contribution in [3.8, 4) is 0 Å². The van der Waals surface area contributed by atoms with Crippen molar-refractivity contribution in [2.45, 2.75) is 45.8 Å². The number of aryl methyl sites for hydroxylation is 1. The molecular formula is C14H21N3O4. The molecule has 0 saturated carbocycles. The highest BCUT2D eigenvalue weighted by atomic mass is 16.5. The minimum Gasteiger partial charge on any atom is -0.480 e. The molecule has 1 aromatic heterocycles. The number of nitrogens with zero attached hydrogens (tertiary/aromatic N) is 2. The monoisotopic (exact) mass is 295 g/mol. The fraction of sp³-hybridized carbons (Fsp3) is 0.571. The lowest BCUT2D eigenvalue weighted by molar-refractivity contribution is -0.140. The summed E-state index contributed by atoms with van der Waals surface area (Å²) in [6.07, 6.45) is 2.94. The van der Waals surface area contributed by atoms with Crippen LogP contribution in [-0.4, -0.2) is 45.2 Å². The van der Waals surface area contributed by atoms with Gasteiger partial charge in [-0.05, 0) is 27.7 Å². The topological polar surface area (TPSA) is 101 Å². The van der Waals surface area contributed by atoms with Crippen LogP contribution in [0.2, 0.25) is 0 Å². The lowest BCUT2D eigenvalue weighted by Gasteiger charge is -2.21. The Bertz CT molecular complexity index is 494. The highest BCUT2D eigenvalue weighted by Crippen LogP contribution is 2.08. The molecule has 1 aromatic rings. The average molecular weight is 295 g/mol. The average Bonchev–Trinajstić information content (AvgIpc) is 2.36. The van der Waals surface area contributed by atoms with E-state index in [0.29, 0.717) is 5.69 Å². The SMILES string of the molecule is Cc1cnc(C(=O)NC(CCOC(C)(C)C)C(=O)O)cn1. The summed E-state index contributed by atoms with van der Waals surface area (Å²) in [5.41, 5.74) is 0.415. The molecule has 116 valence electrons. The van der Waals surface area contributed by atoms with Crippen LogP contribution in [0.15, 0.2) is 12.4 Å². The second-order valence-corrected chi connectivity index (χ2v) is 5.66. The van der Waals surface area contributed by atoms with Crippen LogP contribution in [-0.2, 0) is 9.53 Å². The van der Waals surface area contributed by atoms with E-state index in [1.165, 1.54) is 12.4 Å². The molecule has 1 unspecified atom stereocenters. The summed E-state index contributed by atoms with van der Waals surface area (Å²) in [6, 6.07) is -1.03. The van der Waals surface area contributed by atoms with Gasteiger partial charge >= 0.3 is 5.97 Å². The van der Waals surface area contributed by atoms with Crippen LogP contribution in [0.1, 0.15) is 43.4 Å². The number of aromatic nitrogens is 2. The van der Waals surface area contributed by atoms with Gasteiger partial charge in [0.25, 0.3) is 5.91 Å². The summed E-state index contributed by atoms with van der Waals surface area (Å²) < 4.78 is 5.47. The molecule has 0 aliphatic rings. The van der Waals surface area contributed by atoms with E-state index in [4.69, 9.17) is 9.84 Å². The number of hydrogen-bond acceptors (Lipinski definition) is 5. The summed E-state index contributed by atoms with van der Waals surface area (Å²) in [5.74, 6) is -1.67. The maximum absolute atomic E-state index is 11.9. The van der Waals surface area contributed by atoms with Gasteiger partial charge in [0, 0.05) is 19.2 Å². The van der Waals surface area contributed by atoms with Gasteiger partial charge in [-0.25, -0.2) is 9.78 Å². The molecule has 0 saturated heterocycles. The number of carboxylic acid groups (broad SMARTS) is 1. The van der Waals surface area contributed by atoms with E-state index in [0.717, 1.165) is 0 Å². The number of nitrogens with one attached hydrogen (secondary N) is 1. The van der Waals surface area contributed by atoms with Gasteiger partial charge in [-0.15, -0.1) is 0 Å². The first-order valence-corrected chi connectivity index (χ1v) is 6.65. The zero-order valence-corrected chi connectivity index (χ0v) is 12.7. The van der Waals surface area contributed by atoms with Gasteiger partial charge in [-0.1, -0.05) is 0 Å². The molecule has 1 amide bonds. The Morgan fingerprint density at radius 1 is 1.33 bits per heavy atom. The number of rotatable bonds is 6. The van der Waals surface area contributed by atoms with Crippen LogP contribution in [0.25, 0.3) is 0 Å². The van der Waals surface area contributed by atoms with E-state index in [2.05, 4.69) is 15.3 Å². The second-order valence-electron chi connectivity index (χ2n) is 5.66. The maximum Gasteiger partial charge on any atom is 0.326 e. The van der Waals surface area contributed by atoms with E-state index in [1.54, 1.807) is 6.92 Å². The van der Waals surface area contributed by atoms with E-state index in [1.807, 2.05) is 20.8 Å². The minimum atomic E-state index is -1.11. The van der Waals surface area contributed by atoms with Crippen molar-refractivity contribution in [1.82, 2.24) is 15.3 Å². The summed E-state index contributed by atoms with van der Waals surface area (Å²) in [5, 5.41) is 11.6. The third-order valence-corrected chi connectivity index (χ3v) is 2.56. The van der Waals surface area contributed by atoms with Crippen LogP contribution in [0.3, 0.4) is 0 Å². The van der Waals surface area contributed by atoms with Gasteiger partial charge in [0.1, 0.15) is 11.7 Å². The van der Waals surface area contributed by atoms with Gasteiger partial charge in [0.05, 0.1) is 17.5 Å². The molecule has 0 fully saturated rings. The van der Waals surface area contributed by atoms with Gasteiger partial charge < -0.3 is 15.2 Å². The molecule has 0 radical (unpaired) electrons. The predicted octanol–water partition coefficient (Wildman–Crippen LogP) is 1.17. The molecule has 21 heavy (non-hydrogen) atoms. The van der Waals surface area contributed by atoms with Crippen LogP contribution in [0.5, 0.6) is 0 Å². The quantitative estimate of drug-likeness (QED) is 0.817. The molecule has 0 bridgehead atoms. The molecule has 0 aliphatic carbocycles. The second kappa shape index (κ2) is 7.12. The smallest absolute Gasteiger partial charge is 0.326 e. The van der Waals surface area contributed by atoms with Crippen molar-refractivity contribution >= 4 is 11.9 Å². The van der Waals surface area contributed by atoms with Crippen molar-refractivity contribution < 1.29 is 19.4 Å². The summed E-state index contributed by atoms with van der Waals surface area (Å²) in [7, 11) is 0. The van der Waals surface area contributed by atoms with Crippen molar-refractivity contribution in [3.05, 3.63) is 23.8 Å². The molecule has 0 aliphatic heterocycles. The Kier molecular flexibility index (Phi) is 5.78. The Balaban J connectivity index is 2.59. The van der Waals surface area contributed by atoms with E-state index in [-0.39, 0.29) is 24.3 Å². The van der Waals surface area contributed by atoms with Crippen molar-refractivity contribution in [2.24, 2.45) is 0 Å². The molecule has 7 heteroatoms. The summed E-state index contributed by atoms with van der Waals surface area (Å²) >= 11 is 0. The minimum absolute atomic E-state index is 0.0867. The maximum atomic E-state index is 11.9. The Labute approximate surface area is 123 Å². The van der Waals surface area contributed by atoms with E-state index in [9.17, 15) is 9.59 Å². The third-order valence-electron chi connectivity index (χ3n) is 2.56. The molecule has 1 heterocycles. The summed E-state index contributed by atoms with van der Waals surface area (Å²) in [6.45, 7) is 7.62. The highest BCUT2D eigenvalue weighted by Gasteiger charge is 2.22. The van der Waals surface area contributed by atoms with Crippen LogP contribution >= 0.6 is 0 Å². The Hall–Kier alpha value is -2.02. The largest absolute Gasteiger partial charge is 0.480 e. The number of aliphatic carboxylic acids is 1. The Morgan fingerprint density at radius 2 is 2.00 bits per heavy atom. The normalized spacial score (nSPS) is 12.8. The zero-order chi connectivity index (χ0) is 16.0. The fourth-order valence-corrected chi connectivity index (χ4v) is 1.48. The van der Waals surface area contributed by atoms with Crippen LogP contribution < -0.4 is 5.32 Å². The van der Waals surface area contributed by atoms with E-state index < -0.39 is 17.9 Å². The molecule has 7 nitrogen and oxygen atoms in total. The van der Waals surface area contributed by atoms with Crippen molar-refractivity contribution in [2.75, 3.05) is 6.61 Å². The zero-order valence-electron chi connectivity index (χ0n) is 12.7. The van der Waals surface area contributed by atoms with Gasteiger partial charge in [-0.2, -0.15) is 0 Å². The first-order valence-electron chi connectivity index (χ1n) is 6.65. The van der Waals surface area contributed by atoms with Gasteiger partial charge in [0.2, 0.25) is 0 Å². The number of hydrogen-bond donors (Lipinski definition) is 2. The lowest BCUT2D eigenvalue weighted by atomic mass is 10.1. The molecule has 2 N–H and O–H groups in total. The molecular weight excluding hydrogens is 274 g/mol. The standard InChI is InChI=1S/C14H21N3O4/c1-9-7-16-11(8-15-9)12(18)17-10(13(19)20)5-6-21-14(2,3)4/h7-8,10H,5-6H2,1-4H3,(H,17,18)(H,19,20). The number of ether oxygens (including phenoxy) is 1. The number of amides is 1. The van der Waals surface area contributed by atoms with Crippen molar-refractivity contribution in [1.29, 1.82) is 0 Å². The molecule has 1 rings (SSSR count). The first kappa shape index (κ1) is 17.0. The third kappa shape index (κ3) is 6.31. The van der Waals surface area contributed by atoms with Crippen LogP contribution in [0.4, 0.5) is 0 Å². The highest BCUT2D eigenvalue weighted by molar-refractivity contribution is 5.94. The van der Waals surface area contributed by atoms with Crippen LogP contribution in [0, 0.1) is 6.92 Å². The fourth-order valence-electron chi connectivity index (χ4n) is 1.48.